The number of rotatable bonds is 2. The molecule has 5 rings (SSSR count). The van der Waals surface area contributed by atoms with Gasteiger partial charge in [0.2, 0.25) is 0 Å². The second kappa shape index (κ2) is 6.64. The summed E-state index contributed by atoms with van der Waals surface area (Å²) in [4.78, 5) is 4.69. The molecule has 0 aliphatic carbocycles. The fourth-order valence-electron chi connectivity index (χ4n) is 3.26. The number of benzene rings is 3. The van der Waals surface area contributed by atoms with Crippen LogP contribution in [0.1, 0.15) is 5.56 Å². The monoisotopic (exact) mass is 364 g/mol. The van der Waals surface area contributed by atoms with E-state index < -0.39 is 0 Å². The van der Waals surface area contributed by atoms with Gasteiger partial charge in [0, 0.05) is 11.6 Å². The Morgan fingerprint density at radius 3 is 2.64 bits per heavy atom. The second-order valence-corrected chi connectivity index (χ2v) is 6.40. The maximum atomic E-state index is 5.56. The zero-order chi connectivity index (χ0) is 18.9. The van der Waals surface area contributed by atoms with E-state index in [4.69, 9.17) is 9.15 Å². The second-order valence-electron chi connectivity index (χ2n) is 6.40. The fraction of sp³-hybridized carbons (Fsp3) is 0.0417. The Labute approximate surface area is 162 Å². The number of hydrogen-bond donors (Lipinski definition) is 0. The Bertz CT molecular complexity index is 1350. The Morgan fingerprint density at radius 1 is 0.929 bits per heavy atom. The lowest BCUT2D eigenvalue weighted by Crippen LogP contribution is -1.92. The molecule has 0 amide bonds. The molecule has 5 aromatic rings. The molecule has 2 heterocycles. The molecule has 0 atom stereocenters. The van der Waals surface area contributed by atoms with E-state index in [2.05, 4.69) is 29.1 Å². The lowest BCUT2D eigenvalue weighted by atomic mass is 10.1. The molecule has 0 saturated heterocycles. The number of hydrogen-bond acceptors (Lipinski definition) is 3. The van der Waals surface area contributed by atoms with Gasteiger partial charge in [-0.15, -0.1) is 0 Å². The molecule has 4 nitrogen and oxygen atoms in total. The number of para-hydroxylation sites is 2. The van der Waals surface area contributed by atoms with Crippen LogP contribution in [0.2, 0.25) is 0 Å². The molecule has 0 spiro atoms. The van der Waals surface area contributed by atoms with Gasteiger partial charge in [-0.2, -0.15) is 0 Å². The molecule has 0 saturated carbocycles. The van der Waals surface area contributed by atoms with Crippen LogP contribution in [0, 0.1) is 12.0 Å². The van der Waals surface area contributed by atoms with E-state index in [0.717, 1.165) is 33.1 Å². The van der Waals surface area contributed by atoms with Crippen LogP contribution in [0.4, 0.5) is 0 Å². The maximum absolute atomic E-state index is 5.56. The average molecular weight is 364 g/mol. The molecule has 0 aliphatic heterocycles. The van der Waals surface area contributed by atoms with Crippen molar-refractivity contribution in [2.24, 2.45) is 0 Å². The van der Waals surface area contributed by atoms with Gasteiger partial charge in [-0.3, -0.25) is 0 Å². The quantitative estimate of drug-likeness (QED) is 0.398. The smallest absolute Gasteiger partial charge is 0.189 e. The Balaban J connectivity index is 1.62. The lowest BCUT2D eigenvalue weighted by Gasteiger charge is -2.03. The molecular weight excluding hydrogens is 348 g/mol. The van der Waals surface area contributed by atoms with E-state index >= 15 is 0 Å². The molecule has 3 aromatic carbocycles. The summed E-state index contributed by atoms with van der Waals surface area (Å²) in [6.07, 6.45) is 1.64. The first kappa shape index (κ1) is 16.2. The first-order chi connectivity index (χ1) is 13.8. The van der Waals surface area contributed by atoms with Crippen LogP contribution in [0.25, 0.3) is 33.4 Å². The zero-order valence-corrected chi connectivity index (χ0v) is 15.2. The molecule has 0 bridgehead atoms. The molecule has 0 fully saturated rings. The standard InChI is InChI=1S/C24H16N2O2/c1-27-20-11-10-18-15-17(8-9-19(18)16-20)12-13-26-22-6-3-2-5-21(22)25-24(26)23-7-4-14-28-23/h2-11,14-16H,1H3. The van der Waals surface area contributed by atoms with Crippen LogP contribution in [0.3, 0.4) is 0 Å². The number of fused-ring (bicyclic) bond motifs is 2. The van der Waals surface area contributed by atoms with Gasteiger partial charge in [0.05, 0.1) is 24.4 Å². The highest BCUT2D eigenvalue weighted by Gasteiger charge is 2.13. The minimum atomic E-state index is 0.691. The predicted octanol–water partition coefficient (Wildman–Crippen LogP) is 5.32. The highest BCUT2D eigenvalue weighted by atomic mass is 16.5. The molecule has 2 aromatic heterocycles. The van der Waals surface area contributed by atoms with Crippen LogP contribution in [0.15, 0.2) is 83.5 Å². The van der Waals surface area contributed by atoms with E-state index in [9.17, 15) is 0 Å². The van der Waals surface area contributed by atoms with Crippen molar-refractivity contribution >= 4 is 21.8 Å². The molecule has 0 N–H and O–H groups in total. The van der Waals surface area contributed by atoms with Crippen molar-refractivity contribution in [1.29, 1.82) is 0 Å². The van der Waals surface area contributed by atoms with E-state index in [1.165, 1.54) is 0 Å². The minimum absolute atomic E-state index is 0.691. The third-order valence-corrected chi connectivity index (χ3v) is 4.66. The molecule has 0 radical (unpaired) electrons. The van der Waals surface area contributed by atoms with Crippen LogP contribution in [-0.2, 0) is 0 Å². The number of imidazole rings is 1. The highest BCUT2D eigenvalue weighted by molar-refractivity contribution is 5.85. The summed E-state index contributed by atoms with van der Waals surface area (Å²) in [5.74, 6) is 5.50. The van der Waals surface area contributed by atoms with Crippen molar-refractivity contribution in [3.8, 4) is 29.3 Å². The molecule has 0 aliphatic rings. The van der Waals surface area contributed by atoms with Gasteiger partial charge in [0.25, 0.3) is 0 Å². The predicted molar refractivity (Wildman–Crippen MR) is 110 cm³/mol. The first-order valence-corrected chi connectivity index (χ1v) is 8.93. The van der Waals surface area contributed by atoms with Crippen molar-refractivity contribution < 1.29 is 9.15 Å². The van der Waals surface area contributed by atoms with Gasteiger partial charge >= 0.3 is 0 Å². The summed E-state index contributed by atoms with van der Waals surface area (Å²) in [6, 6.07) is 27.1. The van der Waals surface area contributed by atoms with Gasteiger partial charge < -0.3 is 9.15 Å². The van der Waals surface area contributed by atoms with Crippen LogP contribution >= 0.6 is 0 Å². The van der Waals surface area contributed by atoms with Gasteiger partial charge in [-0.25, -0.2) is 9.55 Å². The number of furan rings is 1. The topological polar surface area (TPSA) is 40.2 Å². The van der Waals surface area contributed by atoms with Crippen molar-refractivity contribution in [3.63, 3.8) is 0 Å². The van der Waals surface area contributed by atoms with E-state index in [1.807, 2.05) is 65.2 Å². The molecule has 4 heteroatoms. The number of methoxy groups -OCH3 is 1. The van der Waals surface area contributed by atoms with Crippen molar-refractivity contribution in [1.82, 2.24) is 9.55 Å². The third-order valence-electron chi connectivity index (χ3n) is 4.66. The van der Waals surface area contributed by atoms with Gasteiger partial charge in [-0.1, -0.05) is 24.3 Å². The van der Waals surface area contributed by atoms with E-state index in [1.54, 1.807) is 13.4 Å². The zero-order valence-electron chi connectivity index (χ0n) is 15.2. The summed E-state index contributed by atoms with van der Waals surface area (Å²) in [5, 5.41) is 2.24. The maximum Gasteiger partial charge on any atom is 0.189 e. The molecule has 0 unspecified atom stereocenters. The van der Waals surface area contributed by atoms with Gasteiger partial charge in [0.1, 0.15) is 5.75 Å². The number of ether oxygens (including phenoxy) is 1. The Hall–Kier alpha value is -3.97. The summed E-state index contributed by atoms with van der Waals surface area (Å²) in [5.41, 5.74) is 2.77. The van der Waals surface area contributed by atoms with E-state index in [0.29, 0.717) is 11.6 Å². The van der Waals surface area contributed by atoms with Crippen molar-refractivity contribution in [3.05, 3.63) is 84.6 Å². The highest BCUT2D eigenvalue weighted by Crippen LogP contribution is 2.25. The normalized spacial score (nSPS) is 10.8. The molecule has 28 heavy (non-hydrogen) atoms. The third kappa shape index (κ3) is 2.80. The molecular formula is C24H16N2O2. The van der Waals surface area contributed by atoms with E-state index in [-0.39, 0.29) is 0 Å². The van der Waals surface area contributed by atoms with Gasteiger partial charge in [0.15, 0.2) is 11.6 Å². The lowest BCUT2D eigenvalue weighted by molar-refractivity contribution is 0.415. The number of nitrogens with zero attached hydrogens (tertiary/aromatic N) is 2. The average Bonchev–Trinajstić information content (AvgIpc) is 3.39. The minimum Gasteiger partial charge on any atom is -0.497 e. The van der Waals surface area contributed by atoms with Crippen molar-refractivity contribution in [2.45, 2.75) is 0 Å². The van der Waals surface area contributed by atoms with Crippen LogP contribution < -0.4 is 4.74 Å². The Morgan fingerprint density at radius 2 is 1.79 bits per heavy atom. The Kier molecular flexibility index (Phi) is 3.85. The SMILES string of the molecule is COc1ccc2cc(C#Cn3c(-c4ccco4)nc4ccccc43)ccc2c1. The van der Waals surface area contributed by atoms with Gasteiger partial charge in [-0.05, 0) is 65.2 Å². The number of aromatic nitrogens is 2. The largest absolute Gasteiger partial charge is 0.497 e. The summed E-state index contributed by atoms with van der Waals surface area (Å²) < 4.78 is 12.7. The van der Waals surface area contributed by atoms with Crippen LogP contribution in [-0.4, -0.2) is 16.7 Å². The van der Waals surface area contributed by atoms with Crippen LogP contribution in [0.5, 0.6) is 5.75 Å². The first-order valence-electron chi connectivity index (χ1n) is 8.93. The van der Waals surface area contributed by atoms with Crippen molar-refractivity contribution in [2.75, 3.05) is 7.11 Å². The fourth-order valence-corrected chi connectivity index (χ4v) is 3.26. The summed E-state index contributed by atoms with van der Waals surface area (Å²) in [7, 11) is 1.67. The summed E-state index contributed by atoms with van der Waals surface area (Å²) >= 11 is 0. The molecule has 134 valence electrons. The summed E-state index contributed by atoms with van der Waals surface area (Å²) in [6.45, 7) is 0.